The third-order valence-electron chi connectivity index (χ3n) is 2.49. The van der Waals surface area contributed by atoms with Gasteiger partial charge in [-0.25, -0.2) is 0 Å². The van der Waals surface area contributed by atoms with E-state index in [1.54, 1.807) is 46.3 Å². The molecule has 0 atom stereocenters. The largest absolute Gasteiger partial charge is 0.337 e. The lowest BCUT2D eigenvalue weighted by atomic mass is 10.3. The highest BCUT2D eigenvalue weighted by Crippen LogP contribution is 2.11. The first kappa shape index (κ1) is 12.6. The van der Waals surface area contributed by atoms with Gasteiger partial charge < -0.3 is 4.90 Å². The van der Waals surface area contributed by atoms with Gasteiger partial charge in [-0.2, -0.15) is 5.10 Å². The van der Waals surface area contributed by atoms with Crippen molar-refractivity contribution in [2.24, 2.45) is 7.05 Å². The fourth-order valence-electron chi connectivity index (χ4n) is 1.54. The molecule has 18 heavy (non-hydrogen) atoms. The number of aryl methyl sites for hydroxylation is 1. The number of aromatic nitrogens is 2. The summed E-state index contributed by atoms with van der Waals surface area (Å²) in [5.41, 5.74) is 0.926. The summed E-state index contributed by atoms with van der Waals surface area (Å²) in [6.07, 6.45) is 6.94. The number of likely N-dealkylation sites (N-methyl/N-ethyl adjacent to an activating group) is 1. The van der Waals surface area contributed by atoms with Gasteiger partial charge in [0.1, 0.15) is 0 Å². The fraction of sp³-hybridized carbons (Fsp3) is 0.231. The van der Waals surface area contributed by atoms with Crippen LogP contribution in [0.15, 0.2) is 36.0 Å². The average molecular weight is 261 g/mol. The Labute approximate surface area is 110 Å². The smallest absolute Gasteiger partial charge is 0.246 e. The fourth-order valence-corrected chi connectivity index (χ4v) is 2.29. The molecule has 0 aliphatic heterocycles. The van der Waals surface area contributed by atoms with Crippen molar-refractivity contribution >= 4 is 23.3 Å². The highest BCUT2D eigenvalue weighted by Gasteiger charge is 2.06. The number of rotatable bonds is 4. The predicted octanol–water partition coefficient (Wildman–Crippen LogP) is 2.15. The molecule has 1 amide bonds. The van der Waals surface area contributed by atoms with Crippen LogP contribution in [0.5, 0.6) is 0 Å². The van der Waals surface area contributed by atoms with E-state index >= 15 is 0 Å². The molecule has 4 nitrogen and oxygen atoms in total. The molecule has 0 spiro atoms. The first-order valence-corrected chi connectivity index (χ1v) is 6.47. The molecule has 2 rings (SSSR count). The van der Waals surface area contributed by atoms with Crippen LogP contribution >= 0.6 is 11.3 Å². The zero-order valence-electron chi connectivity index (χ0n) is 10.4. The standard InChI is InChI=1S/C13H15N3OS/c1-15(10-12-4-3-7-18-12)13(17)6-5-11-8-14-16(2)9-11/h3-9H,10H2,1-2H3/b6-5+. The maximum atomic E-state index is 11.9. The van der Waals surface area contributed by atoms with Gasteiger partial charge in [-0.15, -0.1) is 11.3 Å². The summed E-state index contributed by atoms with van der Waals surface area (Å²) in [5, 5.41) is 6.06. The Balaban J connectivity index is 1.93. The minimum absolute atomic E-state index is 0.00717. The van der Waals surface area contributed by atoms with Gasteiger partial charge in [0.25, 0.3) is 0 Å². The first-order valence-electron chi connectivity index (χ1n) is 5.59. The van der Waals surface area contributed by atoms with Gasteiger partial charge in [0.2, 0.25) is 5.91 Å². The summed E-state index contributed by atoms with van der Waals surface area (Å²) in [5.74, 6) is -0.00717. The van der Waals surface area contributed by atoms with Gasteiger partial charge >= 0.3 is 0 Å². The lowest BCUT2D eigenvalue weighted by molar-refractivity contribution is -0.125. The summed E-state index contributed by atoms with van der Waals surface area (Å²) < 4.78 is 1.71. The highest BCUT2D eigenvalue weighted by atomic mass is 32.1. The van der Waals surface area contributed by atoms with Crippen molar-refractivity contribution in [3.63, 3.8) is 0 Å². The van der Waals surface area contributed by atoms with Gasteiger partial charge in [-0.05, 0) is 17.5 Å². The number of hydrogen-bond donors (Lipinski definition) is 0. The van der Waals surface area contributed by atoms with E-state index in [2.05, 4.69) is 5.10 Å². The van der Waals surface area contributed by atoms with Crippen molar-refractivity contribution in [2.45, 2.75) is 6.54 Å². The van der Waals surface area contributed by atoms with Gasteiger partial charge in [-0.1, -0.05) is 6.07 Å². The number of amides is 1. The molecule has 0 saturated heterocycles. The van der Waals surface area contributed by atoms with Crippen LogP contribution < -0.4 is 0 Å². The SMILES string of the molecule is CN(Cc1cccs1)C(=O)/C=C/c1cnn(C)c1. The second kappa shape index (κ2) is 5.64. The van der Waals surface area contributed by atoms with Gasteiger partial charge in [0, 0.05) is 36.8 Å². The molecule has 94 valence electrons. The third kappa shape index (κ3) is 3.30. The first-order chi connectivity index (χ1) is 8.65. The third-order valence-corrected chi connectivity index (χ3v) is 3.35. The number of thiophene rings is 1. The van der Waals surface area contributed by atoms with Gasteiger partial charge in [-0.3, -0.25) is 9.48 Å². The van der Waals surface area contributed by atoms with Crippen molar-refractivity contribution < 1.29 is 4.79 Å². The van der Waals surface area contributed by atoms with Crippen molar-refractivity contribution in [3.05, 3.63) is 46.4 Å². The van der Waals surface area contributed by atoms with E-state index in [1.165, 1.54) is 4.88 Å². The molecule has 2 heterocycles. The Morgan fingerprint density at radius 2 is 2.44 bits per heavy atom. The number of carbonyl (C=O) groups is 1. The van der Waals surface area contributed by atoms with E-state index in [1.807, 2.05) is 30.8 Å². The Morgan fingerprint density at radius 1 is 1.61 bits per heavy atom. The van der Waals surface area contributed by atoms with Gasteiger partial charge in [0.15, 0.2) is 0 Å². The van der Waals surface area contributed by atoms with E-state index in [9.17, 15) is 4.79 Å². The predicted molar refractivity (Wildman–Crippen MR) is 73.0 cm³/mol. The van der Waals surface area contributed by atoms with Crippen LogP contribution in [-0.4, -0.2) is 27.6 Å². The van der Waals surface area contributed by atoms with Crippen LogP contribution in [0, 0.1) is 0 Å². The number of hydrogen-bond acceptors (Lipinski definition) is 3. The van der Waals surface area contributed by atoms with Gasteiger partial charge in [0.05, 0.1) is 12.7 Å². The van der Waals surface area contributed by atoms with Crippen molar-refractivity contribution in [2.75, 3.05) is 7.05 Å². The Morgan fingerprint density at radius 3 is 3.06 bits per heavy atom. The normalized spacial score (nSPS) is 11.0. The Bertz CT molecular complexity index is 542. The minimum atomic E-state index is -0.00717. The lowest BCUT2D eigenvalue weighted by Crippen LogP contribution is -2.23. The lowest BCUT2D eigenvalue weighted by Gasteiger charge is -2.13. The number of carbonyl (C=O) groups excluding carboxylic acids is 1. The average Bonchev–Trinajstić information content (AvgIpc) is 2.97. The quantitative estimate of drug-likeness (QED) is 0.791. The molecule has 5 heteroatoms. The second-order valence-corrected chi connectivity index (χ2v) is 5.09. The molecule has 0 bridgehead atoms. The highest BCUT2D eigenvalue weighted by molar-refractivity contribution is 7.09. The molecule has 0 aliphatic carbocycles. The monoisotopic (exact) mass is 261 g/mol. The molecule has 0 unspecified atom stereocenters. The van der Waals surface area contributed by atoms with E-state index in [4.69, 9.17) is 0 Å². The molecule has 0 aliphatic rings. The molecule has 2 aromatic heterocycles. The Kier molecular flexibility index (Phi) is 3.94. The summed E-state index contributed by atoms with van der Waals surface area (Å²) in [7, 11) is 3.65. The van der Waals surface area contributed by atoms with Crippen LogP contribution in [0.4, 0.5) is 0 Å². The molecule has 0 aromatic carbocycles. The van der Waals surface area contributed by atoms with E-state index in [0.29, 0.717) is 6.54 Å². The maximum Gasteiger partial charge on any atom is 0.246 e. The van der Waals surface area contributed by atoms with Crippen LogP contribution in [0.1, 0.15) is 10.4 Å². The van der Waals surface area contributed by atoms with E-state index < -0.39 is 0 Å². The minimum Gasteiger partial charge on any atom is -0.337 e. The second-order valence-electron chi connectivity index (χ2n) is 4.05. The summed E-state index contributed by atoms with van der Waals surface area (Å²) in [4.78, 5) is 14.7. The van der Waals surface area contributed by atoms with Crippen LogP contribution in [0.3, 0.4) is 0 Å². The topological polar surface area (TPSA) is 38.1 Å². The summed E-state index contributed by atoms with van der Waals surface area (Å²) in [6.45, 7) is 0.647. The summed E-state index contributed by atoms with van der Waals surface area (Å²) >= 11 is 1.66. The van der Waals surface area contributed by atoms with E-state index in [0.717, 1.165) is 5.56 Å². The van der Waals surface area contributed by atoms with Crippen LogP contribution in [0.2, 0.25) is 0 Å². The zero-order valence-corrected chi connectivity index (χ0v) is 11.2. The maximum absolute atomic E-state index is 11.9. The van der Waals surface area contributed by atoms with E-state index in [-0.39, 0.29) is 5.91 Å². The van der Waals surface area contributed by atoms with Crippen molar-refractivity contribution in [1.29, 1.82) is 0 Å². The van der Waals surface area contributed by atoms with Crippen molar-refractivity contribution in [3.8, 4) is 0 Å². The zero-order chi connectivity index (χ0) is 13.0. The van der Waals surface area contributed by atoms with Crippen LogP contribution in [-0.2, 0) is 18.4 Å². The molecule has 2 aromatic rings. The van der Waals surface area contributed by atoms with Crippen molar-refractivity contribution in [1.82, 2.24) is 14.7 Å². The molecular weight excluding hydrogens is 246 g/mol. The number of nitrogens with zero attached hydrogens (tertiary/aromatic N) is 3. The molecule has 0 N–H and O–H groups in total. The molecule has 0 fully saturated rings. The molecular formula is C13H15N3OS. The summed E-state index contributed by atoms with van der Waals surface area (Å²) in [6, 6.07) is 4.02. The molecule has 0 radical (unpaired) electrons. The molecule has 0 saturated carbocycles. The Hall–Kier alpha value is -1.88. The van der Waals surface area contributed by atoms with Crippen LogP contribution in [0.25, 0.3) is 6.08 Å².